The Morgan fingerprint density at radius 2 is 2.09 bits per heavy atom. The number of halogens is 1. The van der Waals surface area contributed by atoms with Gasteiger partial charge in [-0.05, 0) is 48.4 Å². The molecule has 1 aliphatic heterocycles. The maximum absolute atomic E-state index is 12.7. The molecular formula is C18H13ClN2O2. The Morgan fingerprint density at radius 1 is 1.17 bits per heavy atom. The first-order valence-electron chi connectivity index (χ1n) is 7.34. The summed E-state index contributed by atoms with van der Waals surface area (Å²) >= 11 is 5.99. The predicted molar refractivity (Wildman–Crippen MR) is 88.8 cm³/mol. The molecule has 1 aliphatic rings. The molecule has 0 bridgehead atoms. The summed E-state index contributed by atoms with van der Waals surface area (Å²) in [5, 5.41) is 4.30. The molecule has 1 aromatic heterocycles. The van der Waals surface area contributed by atoms with Gasteiger partial charge in [-0.3, -0.25) is 4.79 Å². The molecule has 0 saturated heterocycles. The molecule has 0 atom stereocenters. The van der Waals surface area contributed by atoms with Gasteiger partial charge in [0.1, 0.15) is 0 Å². The van der Waals surface area contributed by atoms with Crippen molar-refractivity contribution < 1.29 is 9.32 Å². The van der Waals surface area contributed by atoms with Crippen LogP contribution in [0.1, 0.15) is 15.9 Å². The first kappa shape index (κ1) is 14.0. The molecule has 0 fully saturated rings. The van der Waals surface area contributed by atoms with Crippen LogP contribution in [0.25, 0.3) is 11.3 Å². The van der Waals surface area contributed by atoms with Gasteiger partial charge >= 0.3 is 0 Å². The van der Waals surface area contributed by atoms with E-state index in [4.69, 9.17) is 16.1 Å². The van der Waals surface area contributed by atoms with E-state index in [2.05, 4.69) is 11.2 Å². The average Bonchev–Trinajstić information content (AvgIpc) is 3.23. The van der Waals surface area contributed by atoms with Crippen LogP contribution in [0.2, 0.25) is 5.02 Å². The maximum atomic E-state index is 12.7. The molecule has 1 amide bonds. The molecular weight excluding hydrogens is 312 g/mol. The number of hydrogen-bond acceptors (Lipinski definition) is 3. The smallest absolute Gasteiger partial charge is 0.258 e. The topological polar surface area (TPSA) is 46.3 Å². The molecule has 5 heteroatoms. The van der Waals surface area contributed by atoms with E-state index in [9.17, 15) is 4.79 Å². The summed E-state index contributed by atoms with van der Waals surface area (Å²) in [4.78, 5) is 14.5. The van der Waals surface area contributed by atoms with E-state index in [0.717, 1.165) is 29.0 Å². The average molecular weight is 325 g/mol. The van der Waals surface area contributed by atoms with E-state index in [1.165, 1.54) is 0 Å². The molecule has 2 heterocycles. The Morgan fingerprint density at radius 3 is 2.87 bits per heavy atom. The van der Waals surface area contributed by atoms with Gasteiger partial charge in [-0.1, -0.05) is 22.8 Å². The summed E-state index contributed by atoms with van der Waals surface area (Å²) in [6, 6.07) is 14.8. The Kier molecular flexibility index (Phi) is 3.39. The number of anilines is 1. The summed E-state index contributed by atoms with van der Waals surface area (Å²) in [5.74, 6) is 0.700. The molecule has 0 spiro atoms. The molecule has 0 N–H and O–H groups in total. The summed E-state index contributed by atoms with van der Waals surface area (Å²) in [6.45, 7) is 0.667. The summed E-state index contributed by atoms with van der Waals surface area (Å²) in [5.41, 5.74) is 3.65. The number of aromatic nitrogens is 1. The van der Waals surface area contributed by atoms with Gasteiger partial charge in [-0.15, -0.1) is 0 Å². The predicted octanol–water partition coefficient (Wildman–Crippen LogP) is 4.20. The van der Waals surface area contributed by atoms with E-state index < -0.39 is 0 Å². The highest BCUT2D eigenvalue weighted by molar-refractivity contribution is 6.31. The van der Waals surface area contributed by atoms with Gasteiger partial charge in [0.05, 0.1) is 6.20 Å². The van der Waals surface area contributed by atoms with E-state index in [1.54, 1.807) is 35.4 Å². The largest absolute Gasteiger partial charge is 0.356 e. The van der Waals surface area contributed by atoms with Crippen molar-refractivity contribution in [2.75, 3.05) is 11.4 Å². The van der Waals surface area contributed by atoms with Crippen LogP contribution < -0.4 is 4.90 Å². The van der Waals surface area contributed by atoms with Crippen LogP contribution >= 0.6 is 11.6 Å². The van der Waals surface area contributed by atoms with Crippen LogP contribution in [0.15, 0.2) is 59.3 Å². The maximum Gasteiger partial charge on any atom is 0.258 e. The molecule has 0 aliphatic carbocycles. The van der Waals surface area contributed by atoms with Gasteiger partial charge < -0.3 is 9.42 Å². The van der Waals surface area contributed by atoms with Gasteiger partial charge in [0, 0.05) is 34.4 Å². The molecule has 0 unspecified atom stereocenters. The number of carbonyl (C=O) groups is 1. The van der Waals surface area contributed by atoms with Gasteiger partial charge in [-0.2, -0.15) is 0 Å². The molecule has 4 rings (SSSR count). The van der Waals surface area contributed by atoms with E-state index in [1.807, 2.05) is 18.2 Å². The second-order valence-electron chi connectivity index (χ2n) is 5.44. The first-order chi connectivity index (χ1) is 11.2. The fraction of sp³-hybridized carbons (Fsp3) is 0.111. The molecule has 2 aromatic carbocycles. The monoisotopic (exact) mass is 324 g/mol. The first-order valence-corrected chi connectivity index (χ1v) is 7.71. The number of fused-ring (bicyclic) bond motifs is 1. The fourth-order valence-corrected chi connectivity index (χ4v) is 3.10. The second kappa shape index (κ2) is 5.56. The number of nitrogens with zero attached hydrogens (tertiary/aromatic N) is 2. The Labute approximate surface area is 138 Å². The molecule has 0 saturated carbocycles. The van der Waals surface area contributed by atoms with Gasteiger partial charge in [0.2, 0.25) is 0 Å². The summed E-state index contributed by atoms with van der Waals surface area (Å²) in [7, 11) is 0. The highest BCUT2D eigenvalue weighted by Crippen LogP contribution is 2.33. The number of carbonyl (C=O) groups excluding carboxylic acids is 1. The zero-order valence-corrected chi connectivity index (χ0v) is 13.0. The number of hydrogen-bond donors (Lipinski definition) is 0. The lowest BCUT2D eigenvalue weighted by Crippen LogP contribution is -2.28. The van der Waals surface area contributed by atoms with Gasteiger partial charge in [-0.25, -0.2) is 0 Å². The Hall–Kier alpha value is -2.59. The lowest BCUT2D eigenvalue weighted by Gasteiger charge is -2.17. The van der Waals surface area contributed by atoms with Crippen molar-refractivity contribution in [3.05, 3.63) is 70.9 Å². The fourth-order valence-electron chi connectivity index (χ4n) is 2.91. The number of amides is 1. The van der Waals surface area contributed by atoms with Crippen molar-refractivity contribution >= 4 is 23.2 Å². The minimum absolute atomic E-state index is 0.0290. The van der Waals surface area contributed by atoms with Gasteiger partial charge in [0.25, 0.3) is 5.91 Å². The lowest BCUT2D eigenvalue weighted by molar-refractivity contribution is 0.0989. The van der Waals surface area contributed by atoms with Crippen LogP contribution in [-0.2, 0) is 6.42 Å². The normalized spacial score (nSPS) is 13.2. The van der Waals surface area contributed by atoms with Crippen LogP contribution in [-0.4, -0.2) is 17.6 Å². The van der Waals surface area contributed by atoms with Crippen molar-refractivity contribution in [2.24, 2.45) is 0 Å². The molecule has 114 valence electrons. The third kappa shape index (κ3) is 2.51. The zero-order valence-electron chi connectivity index (χ0n) is 12.2. The van der Waals surface area contributed by atoms with E-state index in [0.29, 0.717) is 17.1 Å². The van der Waals surface area contributed by atoms with Gasteiger partial charge in [0.15, 0.2) is 5.76 Å². The van der Waals surface area contributed by atoms with Crippen molar-refractivity contribution in [2.45, 2.75) is 6.42 Å². The third-order valence-electron chi connectivity index (χ3n) is 4.01. The molecule has 0 radical (unpaired) electrons. The van der Waals surface area contributed by atoms with Crippen molar-refractivity contribution in [1.29, 1.82) is 0 Å². The van der Waals surface area contributed by atoms with E-state index in [-0.39, 0.29) is 5.91 Å². The van der Waals surface area contributed by atoms with Crippen LogP contribution in [0.4, 0.5) is 5.69 Å². The van der Waals surface area contributed by atoms with Crippen LogP contribution in [0, 0.1) is 0 Å². The SMILES string of the molecule is O=C(c1cccc(Cl)c1)N1CCc2cc(-c3ccno3)ccc21. The van der Waals surface area contributed by atoms with Crippen molar-refractivity contribution in [3.8, 4) is 11.3 Å². The van der Waals surface area contributed by atoms with Crippen molar-refractivity contribution in [1.82, 2.24) is 5.16 Å². The standard InChI is InChI=1S/C18H13ClN2O2/c19-15-3-1-2-14(11-15)18(22)21-9-7-12-10-13(4-5-16(12)21)17-6-8-20-23-17/h1-6,8,10-11H,7,9H2. The minimum Gasteiger partial charge on any atom is -0.356 e. The molecule has 3 aromatic rings. The summed E-state index contributed by atoms with van der Waals surface area (Å²) < 4.78 is 5.19. The number of benzene rings is 2. The van der Waals surface area contributed by atoms with E-state index >= 15 is 0 Å². The van der Waals surface area contributed by atoms with Crippen molar-refractivity contribution in [3.63, 3.8) is 0 Å². The Balaban J connectivity index is 1.67. The highest BCUT2D eigenvalue weighted by Gasteiger charge is 2.26. The molecule has 23 heavy (non-hydrogen) atoms. The quantitative estimate of drug-likeness (QED) is 0.709. The minimum atomic E-state index is -0.0290. The second-order valence-corrected chi connectivity index (χ2v) is 5.87. The third-order valence-corrected chi connectivity index (χ3v) is 4.25. The molecule has 4 nitrogen and oxygen atoms in total. The van der Waals surface area contributed by atoms with Crippen LogP contribution in [0.5, 0.6) is 0 Å². The van der Waals surface area contributed by atoms with Crippen LogP contribution in [0.3, 0.4) is 0 Å². The number of rotatable bonds is 2. The highest BCUT2D eigenvalue weighted by atomic mass is 35.5. The lowest BCUT2D eigenvalue weighted by atomic mass is 10.1. The summed E-state index contributed by atoms with van der Waals surface area (Å²) in [6.07, 6.45) is 2.45. The zero-order chi connectivity index (χ0) is 15.8. The Bertz CT molecular complexity index is 874.